The minimum absolute atomic E-state index is 0.0727. The van der Waals surface area contributed by atoms with E-state index >= 15 is 4.39 Å². The van der Waals surface area contributed by atoms with E-state index < -0.39 is 11.6 Å². The number of methoxy groups -OCH3 is 1. The van der Waals surface area contributed by atoms with E-state index in [1.807, 2.05) is 30.0 Å². The number of halogens is 2. The Hall–Kier alpha value is -6.10. The number of amides is 2. The molecule has 5 heterocycles. The number of aryl methyl sites for hydroxylation is 2. The predicted molar refractivity (Wildman–Crippen MR) is 186 cm³/mol. The van der Waals surface area contributed by atoms with Crippen molar-refractivity contribution >= 4 is 34.1 Å². The number of aromatic amines is 1. The number of rotatable bonds is 8. The molecule has 1 N–H and O–H groups in total. The highest BCUT2D eigenvalue weighted by Gasteiger charge is 2.28. The average molecular weight is 692 g/mol. The van der Waals surface area contributed by atoms with Gasteiger partial charge >= 0.3 is 0 Å². The summed E-state index contributed by atoms with van der Waals surface area (Å²) < 4.78 is 37.3. The van der Waals surface area contributed by atoms with Crippen LogP contribution in [0.5, 0.6) is 5.75 Å². The van der Waals surface area contributed by atoms with E-state index in [0.29, 0.717) is 90.5 Å². The van der Waals surface area contributed by atoms with Crippen LogP contribution in [0.15, 0.2) is 61.1 Å². The van der Waals surface area contributed by atoms with Crippen LogP contribution in [0.1, 0.15) is 40.0 Å². The number of piperazine rings is 1. The lowest BCUT2D eigenvalue weighted by molar-refractivity contribution is -0.131. The molecule has 260 valence electrons. The molecule has 2 aromatic carbocycles. The van der Waals surface area contributed by atoms with Crippen LogP contribution in [0.2, 0.25) is 0 Å². The van der Waals surface area contributed by atoms with Gasteiger partial charge in [-0.15, -0.1) is 5.10 Å². The number of pyridine rings is 1. The van der Waals surface area contributed by atoms with E-state index in [1.165, 1.54) is 13.2 Å². The number of hydrogen-bond donors (Lipinski definition) is 1. The predicted octanol–water partition coefficient (Wildman–Crippen LogP) is 4.96. The topological polar surface area (TPSA) is 136 Å². The van der Waals surface area contributed by atoms with Gasteiger partial charge in [-0.05, 0) is 53.8 Å². The quantitative estimate of drug-likeness (QED) is 0.241. The Morgan fingerprint density at radius 1 is 1.04 bits per heavy atom. The SMILES string of the molecule is COc1cc(F)cnc1N1CCN(C(=O)c2cc3c(-c4ccc(C)c(C#N)c4)cc(C4=CCCN(C(=O)CCn5ccnn5)C4)c(F)c3[nH]2)CC1. The molecule has 0 aliphatic carbocycles. The first-order valence-electron chi connectivity index (χ1n) is 16.7. The van der Waals surface area contributed by atoms with Crippen molar-refractivity contribution in [1.29, 1.82) is 5.26 Å². The molecule has 3 aromatic heterocycles. The van der Waals surface area contributed by atoms with Crippen molar-refractivity contribution in [3.05, 3.63) is 95.1 Å². The van der Waals surface area contributed by atoms with Crippen molar-refractivity contribution in [3.8, 4) is 22.9 Å². The first kappa shape index (κ1) is 33.4. The molecule has 0 radical (unpaired) electrons. The number of carbonyl (C=O) groups is 2. The van der Waals surface area contributed by atoms with Crippen molar-refractivity contribution in [2.45, 2.75) is 26.3 Å². The van der Waals surface area contributed by atoms with Crippen LogP contribution in [0, 0.1) is 29.9 Å². The van der Waals surface area contributed by atoms with Gasteiger partial charge in [0.15, 0.2) is 17.4 Å². The van der Waals surface area contributed by atoms with Crippen molar-refractivity contribution in [3.63, 3.8) is 0 Å². The van der Waals surface area contributed by atoms with Gasteiger partial charge < -0.3 is 24.4 Å². The summed E-state index contributed by atoms with van der Waals surface area (Å²) in [7, 11) is 1.45. The second-order valence-corrected chi connectivity index (χ2v) is 12.6. The van der Waals surface area contributed by atoms with Crippen molar-refractivity contribution in [1.82, 2.24) is 34.8 Å². The third kappa shape index (κ3) is 6.62. The smallest absolute Gasteiger partial charge is 0.270 e. The molecule has 0 atom stereocenters. The van der Waals surface area contributed by atoms with E-state index in [-0.39, 0.29) is 36.0 Å². The Morgan fingerprint density at radius 2 is 1.86 bits per heavy atom. The molecular formula is C37H35F2N9O3. The molecule has 2 amide bonds. The first-order chi connectivity index (χ1) is 24.7. The molecule has 14 heteroatoms. The lowest BCUT2D eigenvalue weighted by Gasteiger charge is -2.35. The summed E-state index contributed by atoms with van der Waals surface area (Å²) in [6, 6.07) is 12.4. The molecule has 0 saturated carbocycles. The zero-order valence-corrected chi connectivity index (χ0v) is 28.2. The van der Waals surface area contributed by atoms with Gasteiger partial charge in [0, 0.05) is 68.9 Å². The molecule has 0 spiro atoms. The fourth-order valence-electron chi connectivity index (χ4n) is 6.72. The molecule has 5 aromatic rings. The standard InChI is InChI=1S/C37H35F2N9O3/c1-23-5-6-24(16-26(23)20-40)28-18-29(25-4-3-9-47(22-25)33(49)7-10-48-11-8-42-44-48)34(39)35-30(28)19-31(43-35)37(50)46-14-12-45(13-15-46)36-32(51-2)17-27(38)21-41-36/h4-6,8,11,16-19,21,43H,3,7,9-10,12-15,22H2,1-2H3. The molecule has 51 heavy (non-hydrogen) atoms. The maximum atomic E-state index is 16.7. The van der Waals surface area contributed by atoms with Crippen molar-refractivity contribution in [2.24, 2.45) is 0 Å². The minimum Gasteiger partial charge on any atom is -0.493 e. The number of fused-ring (bicyclic) bond motifs is 1. The van der Waals surface area contributed by atoms with Gasteiger partial charge in [-0.25, -0.2) is 13.8 Å². The van der Waals surface area contributed by atoms with Crippen molar-refractivity contribution in [2.75, 3.05) is 51.3 Å². The Bertz CT molecular complexity index is 2200. The first-order valence-corrected chi connectivity index (χ1v) is 16.7. The van der Waals surface area contributed by atoms with E-state index in [1.54, 1.807) is 45.1 Å². The second-order valence-electron chi connectivity index (χ2n) is 12.6. The zero-order valence-electron chi connectivity index (χ0n) is 28.2. The zero-order chi connectivity index (χ0) is 35.6. The molecule has 0 unspecified atom stereocenters. The Balaban J connectivity index is 1.19. The van der Waals surface area contributed by atoms with Crippen LogP contribution in [0.3, 0.4) is 0 Å². The fourth-order valence-corrected chi connectivity index (χ4v) is 6.72. The fraction of sp³-hybridized carbons (Fsp3) is 0.297. The van der Waals surface area contributed by atoms with E-state index in [0.717, 1.165) is 11.8 Å². The van der Waals surface area contributed by atoms with E-state index in [9.17, 15) is 19.2 Å². The lowest BCUT2D eigenvalue weighted by atomic mass is 9.92. The molecule has 1 fully saturated rings. The third-order valence-electron chi connectivity index (χ3n) is 9.51. The number of H-pyrrole nitrogens is 1. The Kier molecular flexibility index (Phi) is 9.18. The molecule has 0 bridgehead atoms. The third-order valence-corrected chi connectivity index (χ3v) is 9.51. The highest BCUT2D eigenvalue weighted by atomic mass is 19.1. The number of benzene rings is 2. The van der Waals surface area contributed by atoms with Crippen LogP contribution in [0.4, 0.5) is 14.6 Å². The molecular weight excluding hydrogens is 656 g/mol. The van der Waals surface area contributed by atoms with Crippen LogP contribution in [0.25, 0.3) is 27.6 Å². The summed E-state index contributed by atoms with van der Waals surface area (Å²) in [5, 5.41) is 18.0. The summed E-state index contributed by atoms with van der Waals surface area (Å²) >= 11 is 0. The second kappa shape index (κ2) is 14.0. The number of ether oxygens (including phenoxy) is 1. The number of anilines is 1. The summed E-state index contributed by atoms with van der Waals surface area (Å²) in [5.41, 5.74) is 4.03. The van der Waals surface area contributed by atoms with Crippen molar-refractivity contribution < 1.29 is 23.1 Å². The van der Waals surface area contributed by atoms with Gasteiger partial charge in [-0.2, -0.15) is 5.26 Å². The van der Waals surface area contributed by atoms with E-state index in [2.05, 4.69) is 26.3 Å². The Labute approximate surface area is 292 Å². The van der Waals surface area contributed by atoms with Gasteiger partial charge in [0.2, 0.25) is 5.91 Å². The lowest BCUT2D eigenvalue weighted by Crippen LogP contribution is -2.49. The highest BCUT2D eigenvalue weighted by molar-refractivity contribution is 6.05. The van der Waals surface area contributed by atoms with Gasteiger partial charge in [-0.1, -0.05) is 23.4 Å². The maximum Gasteiger partial charge on any atom is 0.270 e. The number of nitriles is 1. The van der Waals surface area contributed by atoms with Crippen LogP contribution >= 0.6 is 0 Å². The number of carbonyl (C=O) groups excluding carboxylic acids is 2. The Morgan fingerprint density at radius 3 is 2.61 bits per heavy atom. The van der Waals surface area contributed by atoms with Gasteiger partial charge in [0.25, 0.3) is 5.91 Å². The van der Waals surface area contributed by atoms with Crippen LogP contribution < -0.4 is 9.64 Å². The molecule has 2 aliphatic rings. The molecule has 7 rings (SSSR count). The number of nitrogens with zero attached hydrogens (tertiary/aromatic N) is 8. The summed E-state index contributed by atoms with van der Waals surface area (Å²) in [6.07, 6.45) is 7.12. The maximum absolute atomic E-state index is 16.7. The highest BCUT2D eigenvalue weighted by Crippen LogP contribution is 2.38. The van der Waals surface area contributed by atoms with Gasteiger partial charge in [-0.3, -0.25) is 14.3 Å². The average Bonchev–Trinajstić information content (AvgIpc) is 3.86. The summed E-state index contributed by atoms with van der Waals surface area (Å²) in [5.74, 6) is -0.582. The number of nitrogens with one attached hydrogen (secondary N) is 1. The molecule has 1 saturated heterocycles. The largest absolute Gasteiger partial charge is 0.493 e. The summed E-state index contributed by atoms with van der Waals surface area (Å²) in [4.78, 5) is 39.7. The molecule has 2 aliphatic heterocycles. The summed E-state index contributed by atoms with van der Waals surface area (Å²) in [6.45, 7) is 4.56. The number of aromatic nitrogens is 5. The van der Waals surface area contributed by atoms with E-state index in [4.69, 9.17) is 4.74 Å². The van der Waals surface area contributed by atoms with Gasteiger partial charge in [0.1, 0.15) is 11.5 Å². The number of hydrogen-bond acceptors (Lipinski definition) is 8. The molecule has 12 nitrogen and oxygen atoms in total. The normalized spacial score (nSPS) is 14.8. The van der Waals surface area contributed by atoms with Crippen LogP contribution in [-0.2, 0) is 11.3 Å². The van der Waals surface area contributed by atoms with Gasteiger partial charge in [0.05, 0.1) is 43.2 Å². The minimum atomic E-state index is -0.525. The van der Waals surface area contributed by atoms with Crippen LogP contribution in [-0.4, -0.2) is 93.0 Å². The monoisotopic (exact) mass is 691 g/mol.